The van der Waals surface area contributed by atoms with Crippen molar-refractivity contribution < 1.29 is 4.79 Å². The van der Waals surface area contributed by atoms with Gasteiger partial charge in [-0.05, 0) is 31.2 Å². The topological polar surface area (TPSA) is 136 Å². The van der Waals surface area contributed by atoms with Gasteiger partial charge in [-0.15, -0.1) is 0 Å². The van der Waals surface area contributed by atoms with Gasteiger partial charge in [0.2, 0.25) is 0 Å². The molecule has 138 valence electrons. The minimum atomic E-state index is -0.649. The molecule has 5 N–H and O–H groups in total. The monoisotopic (exact) mass is 365 g/mol. The minimum absolute atomic E-state index is 0.0766. The Kier molecular flexibility index (Phi) is 4.62. The molecule has 4 rings (SSSR count). The minimum Gasteiger partial charge on any atom is -0.365 e. The van der Waals surface area contributed by atoms with Gasteiger partial charge in [0.05, 0.1) is 24.3 Å². The van der Waals surface area contributed by atoms with E-state index >= 15 is 0 Å². The number of carbonyl (C=O) groups is 1. The number of aromatic nitrogens is 5. The molecule has 0 aliphatic carbocycles. The van der Waals surface area contributed by atoms with Crippen molar-refractivity contribution in [2.24, 2.45) is 5.73 Å². The van der Waals surface area contributed by atoms with Gasteiger partial charge < -0.3 is 21.7 Å². The Morgan fingerprint density at radius 2 is 2.15 bits per heavy atom. The van der Waals surface area contributed by atoms with E-state index in [0.717, 1.165) is 25.2 Å². The highest BCUT2D eigenvalue weighted by Crippen LogP contribution is 2.21. The van der Waals surface area contributed by atoms with Crippen LogP contribution >= 0.6 is 0 Å². The van der Waals surface area contributed by atoms with Crippen LogP contribution in [0.15, 0.2) is 42.9 Å². The molecule has 10 nitrogen and oxygen atoms in total. The highest BCUT2D eigenvalue weighted by molar-refractivity contribution is 5.96. The van der Waals surface area contributed by atoms with E-state index in [0.29, 0.717) is 17.3 Å². The number of anilines is 3. The zero-order valence-electron chi connectivity index (χ0n) is 14.5. The van der Waals surface area contributed by atoms with Gasteiger partial charge in [0, 0.05) is 18.3 Å². The number of hydrogen-bond acceptors (Lipinski definition) is 8. The summed E-state index contributed by atoms with van der Waals surface area (Å²) in [5.41, 5.74) is 7.01. The third-order valence-corrected chi connectivity index (χ3v) is 4.18. The number of hydrogen-bond donors (Lipinski definition) is 4. The van der Waals surface area contributed by atoms with Crippen molar-refractivity contribution in [2.45, 2.75) is 12.5 Å². The molecule has 3 aromatic rings. The van der Waals surface area contributed by atoms with Crippen molar-refractivity contribution in [3.8, 4) is 5.69 Å². The summed E-state index contributed by atoms with van der Waals surface area (Å²) < 4.78 is 0. The van der Waals surface area contributed by atoms with Gasteiger partial charge in [0.1, 0.15) is 5.82 Å². The third-order valence-electron chi connectivity index (χ3n) is 4.18. The summed E-state index contributed by atoms with van der Waals surface area (Å²) in [6.07, 6.45) is 5.72. The van der Waals surface area contributed by atoms with Crippen molar-refractivity contribution in [3.05, 3.63) is 48.5 Å². The summed E-state index contributed by atoms with van der Waals surface area (Å²) in [4.78, 5) is 21.9. The molecule has 0 saturated carbocycles. The van der Waals surface area contributed by atoms with E-state index < -0.39 is 5.91 Å². The van der Waals surface area contributed by atoms with Crippen LogP contribution in [0.1, 0.15) is 16.9 Å². The quantitative estimate of drug-likeness (QED) is 0.500. The van der Waals surface area contributed by atoms with Crippen molar-refractivity contribution in [2.75, 3.05) is 23.7 Å². The van der Waals surface area contributed by atoms with Gasteiger partial charge in [0.25, 0.3) is 5.91 Å². The predicted octanol–water partition coefficient (Wildman–Crippen LogP) is 0.674. The van der Waals surface area contributed by atoms with E-state index in [1.165, 1.54) is 11.0 Å². The number of nitrogens with one attached hydrogen (secondary N) is 3. The third kappa shape index (κ3) is 3.85. The Balaban J connectivity index is 1.61. The number of primary amides is 1. The van der Waals surface area contributed by atoms with Crippen molar-refractivity contribution in [1.82, 2.24) is 30.3 Å². The van der Waals surface area contributed by atoms with E-state index in [9.17, 15) is 4.79 Å². The lowest BCUT2D eigenvalue weighted by Gasteiger charge is -2.15. The van der Waals surface area contributed by atoms with E-state index in [4.69, 9.17) is 5.73 Å². The molecule has 2 aromatic heterocycles. The molecule has 10 heteroatoms. The molecule has 0 spiro atoms. The van der Waals surface area contributed by atoms with E-state index in [1.807, 2.05) is 24.3 Å². The number of rotatable bonds is 6. The molecule has 1 unspecified atom stereocenters. The van der Waals surface area contributed by atoms with Crippen LogP contribution in [0, 0.1) is 0 Å². The number of nitrogens with two attached hydrogens (primary N) is 1. The fourth-order valence-corrected chi connectivity index (χ4v) is 2.91. The van der Waals surface area contributed by atoms with Gasteiger partial charge in [-0.25, -0.2) is 9.97 Å². The average Bonchev–Trinajstić information content (AvgIpc) is 3.36. The lowest BCUT2D eigenvalue weighted by Crippen LogP contribution is -2.24. The normalized spacial score (nSPS) is 16.2. The van der Waals surface area contributed by atoms with Gasteiger partial charge >= 0.3 is 0 Å². The molecule has 1 atom stereocenters. The maximum Gasteiger partial charge on any atom is 0.271 e. The first-order valence-electron chi connectivity index (χ1n) is 8.57. The Morgan fingerprint density at radius 1 is 1.30 bits per heavy atom. The maximum atomic E-state index is 11.7. The molecule has 3 heterocycles. The summed E-state index contributed by atoms with van der Waals surface area (Å²) in [6.45, 7) is 1.82. The van der Waals surface area contributed by atoms with E-state index in [2.05, 4.69) is 36.1 Å². The molecule has 1 fully saturated rings. The zero-order chi connectivity index (χ0) is 18.6. The van der Waals surface area contributed by atoms with E-state index in [1.54, 1.807) is 12.4 Å². The summed E-state index contributed by atoms with van der Waals surface area (Å²) in [5.74, 6) is 0.231. The molecule has 27 heavy (non-hydrogen) atoms. The fraction of sp³-hybridized carbons (Fsp3) is 0.235. The van der Waals surface area contributed by atoms with Gasteiger partial charge in [-0.1, -0.05) is 6.07 Å². The van der Waals surface area contributed by atoms with Crippen LogP contribution in [0.25, 0.3) is 5.69 Å². The first kappa shape index (κ1) is 16.9. The second-order valence-electron chi connectivity index (χ2n) is 6.14. The van der Waals surface area contributed by atoms with Crippen molar-refractivity contribution in [1.29, 1.82) is 0 Å². The average molecular weight is 365 g/mol. The summed E-state index contributed by atoms with van der Waals surface area (Å²) >= 11 is 0. The first-order valence-corrected chi connectivity index (χ1v) is 8.57. The fourth-order valence-electron chi connectivity index (χ4n) is 2.91. The molecule has 0 bridgehead atoms. The van der Waals surface area contributed by atoms with Crippen LogP contribution in [0.4, 0.5) is 17.3 Å². The van der Waals surface area contributed by atoms with Crippen molar-refractivity contribution >= 4 is 23.2 Å². The molecular weight excluding hydrogens is 346 g/mol. The predicted molar refractivity (Wildman–Crippen MR) is 100 cm³/mol. The van der Waals surface area contributed by atoms with Crippen LogP contribution in [-0.2, 0) is 0 Å². The van der Waals surface area contributed by atoms with E-state index in [-0.39, 0.29) is 11.7 Å². The lowest BCUT2D eigenvalue weighted by molar-refractivity contribution is 0.0996. The van der Waals surface area contributed by atoms with Gasteiger partial charge in [-0.2, -0.15) is 15.0 Å². The SMILES string of the molecule is NC(=O)c1ncc(NC2CCNC2)nc1Nc1cccc(-n2nccn2)c1. The number of nitrogens with zero attached hydrogens (tertiary/aromatic N) is 5. The van der Waals surface area contributed by atoms with Gasteiger partial charge in [-0.3, -0.25) is 4.79 Å². The Labute approximate surface area is 155 Å². The second kappa shape index (κ2) is 7.38. The van der Waals surface area contributed by atoms with Gasteiger partial charge in [0.15, 0.2) is 11.5 Å². The Morgan fingerprint density at radius 3 is 2.89 bits per heavy atom. The molecule has 1 amide bonds. The van der Waals surface area contributed by atoms with Crippen LogP contribution in [0.3, 0.4) is 0 Å². The summed E-state index contributed by atoms with van der Waals surface area (Å²) in [5, 5.41) is 17.9. The lowest BCUT2D eigenvalue weighted by atomic mass is 10.2. The maximum absolute atomic E-state index is 11.7. The first-order chi connectivity index (χ1) is 13.2. The number of carbonyl (C=O) groups excluding carboxylic acids is 1. The Hall–Kier alpha value is -3.53. The molecule has 0 radical (unpaired) electrons. The highest BCUT2D eigenvalue weighted by Gasteiger charge is 2.17. The summed E-state index contributed by atoms with van der Waals surface area (Å²) in [7, 11) is 0. The molecule has 1 aliphatic rings. The van der Waals surface area contributed by atoms with Crippen LogP contribution < -0.4 is 21.7 Å². The van der Waals surface area contributed by atoms with Crippen LogP contribution in [0.2, 0.25) is 0 Å². The number of amides is 1. The smallest absolute Gasteiger partial charge is 0.271 e. The largest absolute Gasteiger partial charge is 0.365 e. The van der Waals surface area contributed by atoms with Crippen molar-refractivity contribution in [3.63, 3.8) is 0 Å². The molecular formula is C17H19N9O. The molecule has 1 aromatic carbocycles. The second-order valence-corrected chi connectivity index (χ2v) is 6.14. The Bertz CT molecular complexity index is 935. The van der Waals surface area contributed by atoms with Crippen LogP contribution in [-0.4, -0.2) is 50.0 Å². The number of benzene rings is 1. The van der Waals surface area contributed by atoms with Crippen LogP contribution in [0.5, 0.6) is 0 Å². The highest BCUT2D eigenvalue weighted by atomic mass is 16.1. The standard InChI is InChI=1S/C17H19N9O/c18-16(27)15-17(25-14(10-20-15)23-12-4-5-19-9-12)24-11-2-1-3-13(8-11)26-21-6-7-22-26/h1-3,6-8,10,12,19H,4-5,9H2,(H2,18,27)(H2,23,24,25). The summed E-state index contributed by atoms with van der Waals surface area (Å²) in [6, 6.07) is 7.69. The molecule has 1 aliphatic heterocycles. The zero-order valence-corrected chi connectivity index (χ0v) is 14.5. The molecule has 1 saturated heterocycles.